The minimum Gasteiger partial charge on any atom is -0.384 e. The van der Waals surface area contributed by atoms with Crippen molar-refractivity contribution < 1.29 is 23.1 Å². The number of nitrogens with zero attached hydrogens (tertiary/aromatic N) is 1. The van der Waals surface area contributed by atoms with Crippen molar-refractivity contribution >= 4 is 11.8 Å². The van der Waals surface area contributed by atoms with Crippen molar-refractivity contribution in [3.63, 3.8) is 0 Å². The highest BCUT2D eigenvalue weighted by atomic mass is 19.3. The summed E-state index contributed by atoms with van der Waals surface area (Å²) in [6, 6.07) is -0.510. The topological polar surface area (TPSA) is 70.7 Å². The number of nitrogens with one attached hydrogen (secondary N) is 2. The summed E-state index contributed by atoms with van der Waals surface area (Å²) in [5.74, 6) is -2.92. The van der Waals surface area contributed by atoms with Crippen molar-refractivity contribution in [1.82, 2.24) is 15.5 Å². The number of methoxy groups -OCH3 is 1. The zero-order valence-electron chi connectivity index (χ0n) is 12.7. The summed E-state index contributed by atoms with van der Waals surface area (Å²) in [5.41, 5.74) is 0. The Morgan fingerprint density at radius 1 is 1.36 bits per heavy atom. The second-order valence-corrected chi connectivity index (χ2v) is 5.89. The maximum Gasteiger partial charge on any atom is 0.251 e. The molecule has 22 heavy (non-hydrogen) atoms. The SMILES string of the molecule is COCCC(=O)N[C@H]1CN[C@H](C(=O)N2CCC(F)(F)CC2)C1. The highest BCUT2D eigenvalue weighted by molar-refractivity contribution is 5.83. The number of amides is 2. The van der Waals surface area contributed by atoms with E-state index in [9.17, 15) is 18.4 Å². The van der Waals surface area contributed by atoms with E-state index >= 15 is 0 Å². The van der Waals surface area contributed by atoms with Crippen LogP contribution in [0.25, 0.3) is 0 Å². The fraction of sp³-hybridized carbons (Fsp3) is 0.857. The molecule has 2 saturated heterocycles. The number of carbonyl (C=O) groups excluding carboxylic acids is 2. The molecule has 2 heterocycles. The number of likely N-dealkylation sites (tertiary alicyclic amines) is 1. The summed E-state index contributed by atoms with van der Waals surface area (Å²) in [6.07, 6.45) is 0.225. The second-order valence-electron chi connectivity index (χ2n) is 5.89. The van der Waals surface area contributed by atoms with E-state index in [1.165, 1.54) is 12.0 Å². The Morgan fingerprint density at radius 2 is 2.05 bits per heavy atom. The maximum atomic E-state index is 13.1. The Balaban J connectivity index is 1.75. The molecule has 0 saturated carbocycles. The molecule has 2 amide bonds. The van der Waals surface area contributed by atoms with Crippen LogP contribution in [0.4, 0.5) is 8.78 Å². The van der Waals surface area contributed by atoms with E-state index in [0.29, 0.717) is 19.6 Å². The van der Waals surface area contributed by atoms with Gasteiger partial charge in [-0.3, -0.25) is 9.59 Å². The Bertz CT molecular complexity index is 410. The van der Waals surface area contributed by atoms with Crippen molar-refractivity contribution in [3.05, 3.63) is 0 Å². The number of halogens is 2. The molecule has 2 fully saturated rings. The Hall–Kier alpha value is -1.28. The third-order valence-electron chi connectivity index (χ3n) is 4.13. The number of ether oxygens (including phenoxy) is 1. The van der Waals surface area contributed by atoms with Crippen LogP contribution in [0.3, 0.4) is 0 Å². The average Bonchev–Trinajstić information content (AvgIpc) is 2.93. The highest BCUT2D eigenvalue weighted by Gasteiger charge is 2.39. The molecule has 126 valence electrons. The van der Waals surface area contributed by atoms with E-state index in [0.717, 1.165) is 0 Å². The van der Waals surface area contributed by atoms with E-state index in [1.807, 2.05) is 0 Å². The van der Waals surface area contributed by atoms with Crippen LogP contribution in [-0.4, -0.2) is 68.1 Å². The summed E-state index contributed by atoms with van der Waals surface area (Å²) in [7, 11) is 1.53. The summed E-state index contributed by atoms with van der Waals surface area (Å²) in [6.45, 7) is 1.05. The molecular formula is C14H23F2N3O3. The van der Waals surface area contributed by atoms with E-state index in [4.69, 9.17) is 4.74 Å². The van der Waals surface area contributed by atoms with E-state index in [1.54, 1.807) is 0 Å². The first-order chi connectivity index (χ1) is 10.4. The fourth-order valence-corrected chi connectivity index (χ4v) is 2.80. The van der Waals surface area contributed by atoms with Gasteiger partial charge in [0.2, 0.25) is 11.8 Å². The van der Waals surface area contributed by atoms with Gasteiger partial charge in [-0.1, -0.05) is 0 Å². The number of carbonyl (C=O) groups is 2. The summed E-state index contributed by atoms with van der Waals surface area (Å²) in [4.78, 5) is 25.4. The molecule has 2 aliphatic heterocycles. The van der Waals surface area contributed by atoms with Gasteiger partial charge in [-0.25, -0.2) is 8.78 Å². The third kappa shape index (κ3) is 4.61. The van der Waals surface area contributed by atoms with E-state index in [-0.39, 0.29) is 50.2 Å². The fourth-order valence-electron chi connectivity index (χ4n) is 2.80. The molecule has 0 aromatic heterocycles. The van der Waals surface area contributed by atoms with Crippen molar-refractivity contribution in [1.29, 1.82) is 0 Å². The van der Waals surface area contributed by atoms with Crippen molar-refractivity contribution in [2.24, 2.45) is 0 Å². The maximum absolute atomic E-state index is 13.1. The first-order valence-electron chi connectivity index (χ1n) is 7.59. The molecule has 0 aliphatic carbocycles. The Kier molecular flexibility index (Phi) is 5.69. The lowest BCUT2D eigenvalue weighted by molar-refractivity contribution is -0.139. The van der Waals surface area contributed by atoms with Crippen LogP contribution < -0.4 is 10.6 Å². The molecule has 0 bridgehead atoms. The molecule has 2 atom stereocenters. The lowest BCUT2D eigenvalue weighted by Crippen LogP contribution is -2.49. The van der Waals surface area contributed by atoms with E-state index in [2.05, 4.69) is 10.6 Å². The summed E-state index contributed by atoms with van der Waals surface area (Å²) in [5, 5.41) is 5.90. The molecule has 6 nitrogen and oxygen atoms in total. The molecule has 2 rings (SSSR count). The van der Waals surface area contributed by atoms with Crippen LogP contribution in [-0.2, 0) is 14.3 Å². The number of rotatable bonds is 5. The quantitative estimate of drug-likeness (QED) is 0.755. The zero-order chi connectivity index (χ0) is 16.2. The van der Waals surface area contributed by atoms with Crippen LogP contribution >= 0.6 is 0 Å². The Labute approximate surface area is 128 Å². The van der Waals surface area contributed by atoms with Crippen LogP contribution in [0.1, 0.15) is 25.7 Å². The van der Waals surface area contributed by atoms with Crippen molar-refractivity contribution in [2.45, 2.75) is 43.7 Å². The monoisotopic (exact) mass is 319 g/mol. The van der Waals surface area contributed by atoms with Crippen LogP contribution in [0.2, 0.25) is 0 Å². The molecule has 0 radical (unpaired) electrons. The van der Waals surface area contributed by atoms with E-state index < -0.39 is 12.0 Å². The average molecular weight is 319 g/mol. The van der Waals surface area contributed by atoms with Crippen molar-refractivity contribution in [3.8, 4) is 0 Å². The van der Waals surface area contributed by atoms with Gasteiger partial charge < -0.3 is 20.3 Å². The molecule has 8 heteroatoms. The predicted molar refractivity (Wildman–Crippen MR) is 75.6 cm³/mol. The van der Waals surface area contributed by atoms with Crippen LogP contribution in [0, 0.1) is 0 Å². The molecule has 2 N–H and O–H groups in total. The molecular weight excluding hydrogens is 296 g/mol. The first-order valence-corrected chi connectivity index (χ1v) is 7.59. The number of hydrogen-bond acceptors (Lipinski definition) is 4. The summed E-state index contributed by atoms with van der Waals surface area (Å²) < 4.78 is 31.1. The second kappa shape index (κ2) is 7.32. The highest BCUT2D eigenvalue weighted by Crippen LogP contribution is 2.28. The number of piperidine rings is 1. The van der Waals surface area contributed by atoms with Gasteiger partial charge in [0.25, 0.3) is 5.92 Å². The molecule has 0 aromatic carbocycles. The smallest absolute Gasteiger partial charge is 0.251 e. The van der Waals surface area contributed by atoms with Gasteiger partial charge >= 0.3 is 0 Å². The van der Waals surface area contributed by atoms with Gasteiger partial charge in [0.05, 0.1) is 12.6 Å². The molecule has 0 spiro atoms. The molecule has 0 unspecified atom stereocenters. The predicted octanol–water partition coefficient (Wildman–Crippen LogP) is 0.127. The first kappa shape index (κ1) is 17.1. The van der Waals surface area contributed by atoms with Crippen molar-refractivity contribution in [2.75, 3.05) is 33.4 Å². The molecule has 2 aliphatic rings. The third-order valence-corrected chi connectivity index (χ3v) is 4.13. The normalized spacial score (nSPS) is 27.7. The van der Waals surface area contributed by atoms with Gasteiger partial charge in [-0.05, 0) is 6.42 Å². The number of hydrogen-bond donors (Lipinski definition) is 2. The van der Waals surface area contributed by atoms with Gasteiger partial charge in [0.1, 0.15) is 0 Å². The van der Waals surface area contributed by atoms with Crippen LogP contribution in [0.15, 0.2) is 0 Å². The van der Waals surface area contributed by atoms with Gasteiger partial charge in [0, 0.05) is 52.0 Å². The zero-order valence-corrected chi connectivity index (χ0v) is 12.7. The standard InChI is InChI=1S/C14H23F2N3O3/c1-22-7-2-12(20)18-10-8-11(17-9-10)13(21)19-5-3-14(15,16)4-6-19/h10-11,17H,2-9H2,1H3,(H,18,20)/t10-,11+/m1/s1. The largest absolute Gasteiger partial charge is 0.384 e. The minimum atomic E-state index is -2.66. The lowest BCUT2D eigenvalue weighted by Gasteiger charge is -2.33. The lowest BCUT2D eigenvalue weighted by atomic mass is 10.0. The Morgan fingerprint density at radius 3 is 2.68 bits per heavy atom. The van der Waals surface area contributed by atoms with Gasteiger partial charge in [-0.15, -0.1) is 0 Å². The van der Waals surface area contributed by atoms with Crippen LogP contribution in [0.5, 0.6) is 0 Å². The van der Waals surface area contributed by atoms with Gasteiger partial charge in [0.15, 0.2) is 0 Å². The van der Waals surface area contributed by atoms with Gasteiger partial charge in [-0.2, -0.15) is 0 Å². The summed E-state index contributed by atoms with van der Waals surface area (Å²) >= 11 is 0. The number of alkyl halides is 2. The molecule has 0 aromatic rings. The minimum absolute atomic E-state index is 0.0921.